The number of rotatable bonds is 5. The first-order valence-electron chi connectivity index (χ1n) is 5.89. The van der Waals surface area contributed by atoms with Gasteiger partial charge in [0.2, 0.25) is 0 Å². The maximum Gasteiger partial charge on any atom is 0.303 e. The smallest absolute Gasteiger partial charge is 0.303 e. The number of pyridine rings is 1. The SMILES string of the molecule is O=C(O)CCCCN1C(=O)COc2ccc(Br)nc21. The zero-order valence-electron chi connectivity index (χ0n) is 10.1. The van der Waals surface area contributed by atoms with E-state index in [9.17, 15) is 9.59 Å². The molecule has 0 aromatic carbocycles. The van der Waals surface area contributed by atoms with Gasteiger partial charge in [0.25, 0.3) is 5.91 Å². The van der Waals surface area contributed by atoms with Gasteiger partial charge in [-0.05, 0) is 40.9 Å². The van der Waals surface area contributed by atoms with Crippen LogP contribution in [0.3, 0.4) is 0 Å². The van der Waals surface area contributed by atoms with Gasteiger partial charge in [-0.3, -0.25) is 14.5 Å². The largest absolute Gasteiger partial charge is 0.481 e. The first-order valence-corrected chi connectivity index (χ1v) is 6.69. The van der Waals surface area contributed by atoms with Crippen molar-refractivity contribution in [3.05, 3.63) is 16.7 Å². The van der Waals surface area contributed by atoms with E-state index in [1.807, 2.05) is 0 Å². The van der Waals surface area contributed by atoms with Crippen molar-refractivity contribution in [3.8, 4) is 5.75 Å². The van der Waals surface area contributed by atoms with Crippen LogP contribution in [-0.2, 0) is 9.59 Å². The fraction of sp³-hybridized carbons (Fsp3) is 0.417. The Hall–Kier alpha value is -1.63. The third-order valence-corrected chi connectivity index (χ3v) is 3.18. The fourth-order valence-corrected chi connectivity index (χ4v) is 2.13. The fourth-order valence-electron chi connectivity index (χ4n) is 1.83. The molecule has 102 valence electrons. The summed E-state index contributed by atoms with van der Waals surface area (Å²) in [7, 11) is 0. The molecule has 6 nitrogen and oxygen atoms in total. The molecular weight excluding hydrogens is 316 g/mol. The summed E-state index contributed by atoms with van der Waals surface area (Å²) in [6.07, 6.45) is 1.26. The zero-order chi connectivity index (χ0) is 13.8. The average molecular weight is 329 g/mol. The molecule has 0 radical (unpaired) electrons. The van der Waals surface area contributed by atoms with Crippen LogP contribution in [0.15, 0.2) is 16.7 Å². The number of carboxylic acid groups (broad SMARTS) is 1. The van der Waals surface area contributed by atoms with Crippen molar-refractivity contribution in [1.29, 1.82) is 0 Å². The number of hydrogen-bond acceptors (Lipinski definition) is 4. The monoisotopic (exact) mass is 328 g/mol. The van der Waals surface area contributed by atoms with Gasteiger partial charge in [-0.15, -0.1) is 0 Å². The van der Waals surface area contributed by atoms with Crippen molar-refractivity contribution in [2.24, 2.45) is 0 Å². The van der Waals surface area contributed by atoms with Crippen LogP contribution in [0.25, 0.3) is 0 Å². The first-order chi connectivity index (χ1) is 9.08. The molecule has 0 aliphatic carbocycles. The topological polar surface area (TPSA) is 79.7 Å². The predicted octanol–water partition coefficient (Wildman–Crippen LogP) is 1.82. The van der Waals surface area contributed by atoms with E-state index in [0.29, 0.717) is 35.6 Å². The predicted molar refractivity (Wildman–Crippen MR) is 71.3 cm³/mol. The Morgan fingerprint density at radius 1 is 1.47 bits per heavy atom. The summed E-state index contributed by atoms with van der Waals surface area (Å²) in [6.45, 7) is 0.446. The Balaban J connectivity index is 2.05. The maximum absolute atomic E-state index is 11.8. The van der Waals surface area contributed by atoms with E-state index in [1.165, 1.54) is 0 Å². The third kappa shape index (κ3) is 3.44. The molecule has 2 rings (SSSR count). The number of unbranched alkanes of at least 4 members (excludes halogenated alkanes) is 1. The molecule has 0 atom stereocenters. The molecule has 0 saturated carbocycles. The molecule has 1 N–H and O–H groups in total. The number of aromatic nitrogens is 1. The molecule has 1 amide bonds. The van der Waals surface area contributed by atoms with Crippen LogP contribution in [0.4, 0.5) is 5.82 Å². The highest BCUT2D eigenvalue weighted by Gasteiger charge is 2.26. The number of aliphatic carboxylic acids is 1. The number of carbonyl (C=O) groups excluding carboxylic acids is 1. The second-order valence-electron chi connectivity index (χ2n) is 4.14. The summed E-state index contributed by atoms with van der Waals surface area (Å²) >= 11 is 3.26. The van der Waals surface area contributed by atoms with Crippen LogP contribution in [0.5, 0.6) is 5.75 Å². The summed E-state index contributed by atoms with van der Waals surface area (Å²) in [5.74, 6) is 0.0741. The number of anilines is 1. The van der Waals surface area contributed by atoms with Gasteiger partial charge in [0, 0.05) is 13.0 Å². The number of fused-ring (bicyclic) bond motifs is 1. The van der Waals surface area contributed by atoms with Crippen molar-refractivity contribution < 1.29 is 19.4 Å². The Morgan fingerprint density at radius 3 is 3.00 bits per heavy atom. The minimum absolute atomic E-state index is 0.00472. The molecule has 19 heavy (non-hydrogen) atoms. The highest BCUT2D eigenvalue weighted by Crippen LogP contribution is 2.31. The molecular formula is C12H13BrN2O4. The van der Waals surface area contributed by atoms with Crippen molar-refractivity contribution in [1.82, 2.24) is 4.98 Å². The van der Waals surface area contributed by atoms with Crippen molar-refractivity contribution >= 4 is 33.6 Å². The van der Waals surface area contributed by atoms with E-state index in [1.54, 1.807) is 17.0 Å². The maximum atomic E-state index is 11.8. The van der Waals surface area contributed by atoms with Crippen LogP contribution in [0.1, 0.15) is 19.3 Å². The van der Waals surface area contributed by atoms with Gasteiger partial charge in [-0.1, -0.05) is 0 Å². The minimum Gasteiger partial charge on any atom is -0.481 e. The Kier molecular flexibility index (Phi) is 4.36. The molecule has 1 aliphatic heterocycles. The second kappa shape index (κ2) is 6.01. The van der Waals surface area contributed by atoms with Crippen molar-refractivity contribution in [3.63, 3.8) is 0 Å². The lowest BCUT2D eigenvalue weighted by Gasteiger charge is -2.28. The average Bonchev–Trinajstić information content (AvgIpc) is 2.36. The normalized spacial score (nSPS) is 13.9. The molecule has 0 saturated heterocycles. The molecule has 7 heteroatoms. The Bertz CT molecular complexity index is 507. The van der Waals surface area contributed by atoms with Crippen molar-refractivity contribution in [2.45, 2.75) is 19.3 Å². The van der Waals surface area contributed by atoms with E-state index in [-0.39, 0.29) is 18.9 Å². The Morgan fingerprint density at radius 2 is 2.26 bits per heavy atom. The van der Waals surface area contributed by atoms with Crippen LogP contribution in [0.2, 0.25) is 0 Å². The third-order valence-electron chi connectivity index (χ3n) is 2.74. The summed E-state index contributed by atoms with van der Waals surface area (Å²) in [4.78, 5) is 28.1. The van der Waals surface area contributed by atoms with E-state index < -0.39 is 5.97 Å². The summed E-state index contributed by atoms with van der Waals surface area (Å²) in [5, 5.41) is 8.58. The number of amides is 1. The van der Waals surface area contributed by atoms with Gasteiger partial charge < -0.3 is 9.84 Å². The van der Waals surface area contributed by atoms with Crippen LogP contribution in [0, 0.1) is 0 Å². The summed E-state index contributed by atoms with van der Waals surface area (Å²) < 4.78 is 5.92. The van der Waals surface area contributed by atoms with Gasteiger partial charge >= 0.3 is 5.97 Å². The number of halogens is 1. The Labute approximate surface area is 118 Å². The quantitative estimate of drug-likeness (QED) is 0.658. The molecule has 1 aliphatic rings. The van der Waals surface area contributed by atoms with Gasteiger partial charge in [-0.25, -0.2) is 4.98 Å². The summed E-state index contributed by atoms with van der Waals surface area (Å²) in [5.41, 5.74) is 0. The second-order valence-corrected chi connectivity index (χ2v) is 4.95. The summed E-state index contributed by atoms with van der Waals surface area (Å²) in [6, 6.07) is 3.50. The van der Waals surface area contributed by atoms with Gasteiger partial charge in [0.15, 0.2) is 18.2 Å². The molecule has 0 bridgehead atoms. The highest BCUT2D eigenvalue weighted by molar-refractivity contribution is 9.10. The van der Waals surface area contributed by atoms with E-state index in [4.69, 9.17) is 9.84 Å². The molecule has 0 spiro atoms. The lowest BCUT2D eigenvalue weighted by atomic mass is 10.2. The molecule has 0 fully saturated rings. The molecule has 2 heterocycles. The van der Waals surface area contributed by atoms with Gasteiger partial charge in [0.05, 0.1) is 0 Å². The first kappa shape index (κ1) is 13.8. The van der Waals surface area contributed by atoms with E-state index in [2.05, 4.69) is 20.9 Å². The standard InChI is InChI=1S/C12H13BrN2O4/c13-9-5-4-8-12(14-9)15(10(16)7-19-8)6-2-1-3-11(17)18/h4-5H,1-3,6-7H2,(H,17,18). The number of hydrogen-bond donors (Lipinski definition) is 1. The van der Waals surface area contributed by atoms with Crippen LogP contribution >= 0.6 is 15.9 Å². The molecule has 1 aromatic heterocycles. The number of ether oxygens (including phenoxy) is 1. The minimum atomic E-state index is -0.824. The van der Waals surface area contributed by atoms with Crippen molar-refractivity contribution in [2.75, 3.05) is 18.1 Å². The number of nitrogens with zero attached hydrogens (tertiary/aromatic N) is 2. The zero-order valence-corrected chi connectivity index (χ0v) is 11.7. The van der Waals surface area contributed by atoms with E-state index in [0.717, 1.165) is 0 Å². The van der Waals surface area contributed by atoms with Gasteiger partial charge in [-0.2, -0.15) is 0 Å². The van der Waals surface area contributed by atoms with Crippen LogP contribution < -0.4 is 9.64 Å². The van der Waals surface area contributed by atoms with Crippen LogP contribution in [-0.4, -0.2) is 35.1 Å². The van der Waals surface area contributed by atoms with E-state index >= 15 is 0 Å². The highest BCUT2D eigenvalue weighted by atomic mass is 79.9. The number of carboxylic acids is 1. The lowest BCUT2D eigenvalue weighted by Crippen LogP contribution is -2.40. The molecule has 0 unspecified atom stereocenters. The molecule has 1 aromatic rings. The van der Waals surface area contributed by atoms with Gasteiger partial charge in [0.1, 0.15) is 4.60 Å². The lowest BCUT2D eigenvalue weighted by molar-refractivity contribution is -0.137. The number of carbonyl (C=O) groups is 2.